The van der Waals surface area contributed by atoms with Crippen molar-refractivity contribution in [1.82, 2.24) is 0 Å². The number of anilines is 1. The Hall–Kier alpha value is -1.55. The molecule has 1 heterocycles. The molecule has 110 valence electrons. The Bertz CT molecular complexity index is 453. The van der Waals surface area contributed by atoms with Crippen LogP contribution in [0.25, 0.3) is 0 Å². The van der Waals surface area contributed by atoms with Crippen molar-refractivity contribution in [3.05, 3.63) is 24.3 Å². The zero-order chi connectivity index (χ0) is 14.6. The summed E-state index contributed by atoms with van der Waals surface area (Å²) in [4.78, 5) is 23.9. The summed E-state index contributed by atoms with van der Waals surface area (Å²) in [6.45, 7) is 7.59. The number of aldehydes is 1. The van der Waals surface area contributed by atoms with Crippen LogP contribution < -0.4 is 9.79 Å². The lowest BCUT2D eigenvalue weighted by atomic mass is 9.99. The number of piperidine rings is 1. The van der Waals surface area contributed by atoms with Gasteiger partial charge < -0.3 is 14.6 Å². The molecule has 1 saturated heterocycles. The highest BCUT2D eigenvalue weighted by molar-refractivity contribution is 5.58. The third kappa shape index (κ3) is 4.23. The lowest BCUT2D eigenvalue weighted by molar-refractivity contribution is -0.274. The summed E-state index contributed by atoms with van der Waals surface area (Å²) in [6.07, 6.45) is 3.10. The van der Waals surface area contributed by atoms with Crippen LogP contribution in [0.15, 0.2) is 24.3 Å². The summed E-state index contributed by atoms with van der Waals surface area (Å²) in [5.41, 5.74) is 0.732. The Balaban J connectivity index is 2.03. The predicted molar refractivity (Wildman–Crippen MR) is 78.9 cm³/mol. The molecule has 1 atom stereocenters. The van der Waals surface area contributed by atoms with Crippen LogP contribution in [-0.4, -0.2) is 25.0 Å². The van der Waals surface area contributed by atoms with Crippen LogP contribution in [0.5, 0.6) is 5.75 Å². The van der Waals surface area contributed by atoms with Gasteiger partial charge in [0.05, 0.1) is 0 Å². The fraction of sp³-hybridized carbons (Fsp3) is 0.562. The molecule has 0 aliphatic carbocycles. The smallest absolute Gasteiger partial charge is 0.167 e. The molecule has 0 N–H and O–H groups in total. The van der Waals surface area contributed by atoms with E-state index in [-0.39, 0.29) is 11.5 Å². The van der Waals surface area contributed by atoms with E-state index in [9.17, 15) is 4.79 Å². The van der Waals surface area contributed by atoms with Crippen LogP contribution in [0, 0.1) is 5.92 Å². The van der Waals surface area contributed by atoms with Crippen molar-refractivity contribution < 1.29 is 14.6 Å². The average Bonchev–Trinajstić information content (AvgIpc) is 2.45. The maximum Gasteiger partial charge on any atom is 0.167 e. The SMILES string of the molecule is CC(C)(C)OOc1cccc(N2CCCC(C=O)C2)c1. The van der Waals surface area contributed by atoms with Crippen LogP contribution in [-0.2, 0) is 9.68 Å². The number of hydrogen-bond donors (Lipinski definition) is 0. The topological polar surface area (TPSA) is 38.8 Å². The van der Waals surface area contributed by atoms with Crippen LogP contribution in [0.1, 0.15) is 33.6 Å². The highest BCUT2D eigenvalue weighted by atomic mass is 17.2. The van der Waals surface area contributed by atoms with Gasteiger partial charge in [-0.15, -0.1) is 0 Å². The lowest BCUT2D eigenvalue weighted by Crippen LogP contribution is -2.35. The standard InChI is InChI=1S/C16H23NO3/c1-16(2,3)20-19-15-8-4-7-14(10-15)17-9-5-6-13(11-17)12-18/h4,7-8,10,12-13H,5-6,9,11H2,1-3H3. The van der Waals surface area contributed by atoms with E-state index in [1.165, 1.54) is 0 Å². The first-order chi connectivity index (χ1) is 9.48. The molecule has 0 amide bonds. The van der Waals surface area contributed by atoms with Crippen molar-refractivity contribution in [3.8, 4) is 5.75 Å². The first-order valence-electron chi connectivity index (χ1n) is 7.14. The third-order valence-electron chi connectivity index (χ3n) is 3.22. The van der Waals surface area contributed by atoms with Gasteiger partial charge in [-0.1, -0.05) is 6.07 Å². The van der Waals surface area contributed by atoms with Gasteiger partial charge in [0.15, 0.2) is 5.75 Å². The monoisotopic (exact) mass is 277 g/mol. The highest BCUT2D eigenvalue weighted by Gasteiger charge is 2.20. The maximum absolute atomic E-state index is 10.9. The van der Waals surface area contributed by atoms with Gasteiger partial charge in [0.25, 0.3) is 0 Å². The summed E-state index contributed by atoms with van der Waals surface area (Å²) in [5.74, 6) is 0.824. The number of carbonyl (C=O) groups is 1. The molecule has 20 heavy (non-hydrogen) atoms. The summed E-state index contributed by atoms with van der Waals surface area (Å²) in [7, 11) is 0. The molecular weight excluding hydrogens is 254 g/mol. The van der Waals surface area contributed by atoms with Crippen molar-refractivity contribution >= 4 is 12.0 Å². The fourth-order valence-electron chi connectivity index (χ4n) is 2.26. The van der Waals surface area contributed by atoms with E-state index >= 15 is 0 Å². The molecule has 1 aliphatic heterocycles. The Morgan fingerprint density at radius 3 is 2.85 bits per heavy atom. The van der Waals surface area contributed by atoms with E-state index in [0.29, 0.717) is 5.75 Å². The molecule has 0 radical (unpaired) electrons. The first-order valence-corrected chi connectivity index (χ1v) is 7.14. The predicted octanol–water partition coefficient (Wildman–Crippen LogP) is 3.21. The molecule has 1 unspecified atom stereocenters. The van der Waals surface area contributed by atoms with E-state index in [1.54, 1.807) is 0 Å². The van der Waals surface area contributed by atoms with Crippen molar-refractivity contribution in [2.75, 3.05) is 18.0 Å². The van der Waals surface area contributed by atoms with Gasteiger partial charge in [0.1, 0.15) is 11.9 Å². The molecule has 0 spiro atoms. The van der Waals surface area contributed by atoms with Crippen LogP contribution in [0.3, 0.4) is 0 Å². The Labute approximate surface area is 120 Å². The molecule has 2 rings (SSSR count). The molecule has 4 nitrogen and oxygen atoms in total. The normalized spacial score (nSPS) is 19.8. The van der Waals surface area contributed by atoms with E-state index in [4.69, 9.17) is 9.78 Å². The lowest BCUT2D eigenvalue weighted by Gasteiger charge is -2.32. The quantitative estimate of drug-likeness (QED) is 0.481. The maximum atomic E-state index is 10.9. The van der Waals surface area contributed by atoms with E-state index < -0.39 is 0 Å². The zero-order valence-electron chi connectivity index (χ0n) is 12.5. The average molecular weight is 277 g/mol. The van der Waals surface area contributed by atoms with Gasteiger partial charge in [-0.05, 0) is 45.7 Å². The third-order valence-corrected chi connectivity index (χ3v) is 3.22. The second-order valence-electron chi connectivity index (χ2n) is 6.26. The summed E-state index contributed by atoms with van der Waals surface area (Å²) in [6, 6.07) is 7.81. The van der Waals surface area contributed by atoms with Crippen LogP contribution >= 0.6 is 0 Å². The molecule has 1 aliphatic rings. The van der Waals surface area contributed by atoms with Crippen LogP contribution in [0.4, 0.5) is 5.69 Å². The summed E-state index contributed by atoms with van der Waals surface area (Å²) < 4.78 is 0. The second kappa shape index (κ2) is 6.27. The van der Waals surface area contributed by atoms with Crippen LogP contribution in [0.2, 0.25) is 0 Å². The van der Waals surface area contributed by atoms with Crippen molar-refractivity contribution in [3.63, 3.8) is 0 Å². The van der Waals surface area contributed by atoms with Crippen molar-refractivity contribution in [2.24, 2.45) is 5.92 Å². The summed E-state index contributed by atoms with van der Waals surface area (Å²) >= 11 is 0. The van der Waals surface area contributed by atoms with Gasteiger partial charge in [-0.3, -0.25) is 0 Å². The minimum Gasteiger partial charge on any atom is -0.371 e. The van der Waals surface area contributed by atoms with Gasteiger partial charge in [0.2, 0.25) is 0 Å². The highest BCUT2D eigenvalue weighted by Crippen LogP contribution is 2.26. The minimum absolute atomic E-state index is 0.138. The number of hydrogen-bond acceptors (Lipinski definition) is 4. The van der Waals surface area contributed by atoms with E-state index in [1.807, 2.05) is 45.0 Å². The van der Waals surface area contributed by atoms with Gasteiger partial charge in [-0.25, -0.2) is 0 Å². The number of benzene rings is 1. The number of nitrogens with zero attached hydrogens (tertiary/aromatic N) is 1. The summed E-state index contributed by atoms with van der Waals surface area (Å²) in [5, 5.41) is 0. The van der Waals surface area contributed by atoms with Gasteiger partial charge in [-0.2, -0.15) is 4.89 Å². The molecule has 0 aromatic heterocycles. The number of carbonyl (C=O) groups excluding carboxylic acids is 1. The van der Waals surface area contributed by atoms with Crippen molar-refractivity contribution in [1.29, 1.82) is 0 Å². The minimum atomic E-state index is -0.344. The molecule has 0 bridgehead atoms. The molecule has 1 fully saturated rings. The fourth-order valence-corrected chi connectivity index (χ4v) is 2.26. The van der Waals surface area contributed by atoms with Crippen molar-refractivity contribution in [2.45, 2.75) is 39.2 Å². The zero-order valence-corrected chi connectivity index (χ0v) is 12.5. The van der Waals surface area contributed by atoms with Gasteiger partial charge >= 0.3 is 0 Å². The molecule has 1 aromatic rings. The molecule has 4 heteroatoms. The molecule has 1 aromatic carbocycles. The first kappa shape index (κ1) is 14.9. The number of rotatable bonds is 4. The van der Waals surface area contributed by atoms with E-state index in [0.717, 1.165) is 37.9 Å². The Kier molecular flexibility index (Phi) is 4.65. The second-order valence-corrected chi connectivity index (χ2v) is 6.26. The largest absolute Gasteiger partial charge is 0.371 e. The molecular formula is C16H23NO3. The van der Waals surface area contributed by atoms with Gasteiger partial charge in [0, 0.05) is 30.8 Å². The Morgan fingerprint density at radius 1 is 1.35 bits per heavy atom. The van der Waals surface area contributed by atoms with E-state index in [2.05, 4.69) is 4.90 Å². The molecule has 0 saturated carbocycles. The Morgan fingerprint density at radius 2 is 2.15 bits per heavy atom.